The fraction of sp³-hybridized carbons (Fsp3) is 0.625. The van der Waals surface area contributed by atoms with Gasteiger partial charge in [0.15, 0.2) is 0 Å². The van der Waals surface area contributed by atoms with Crippen LogP contribution in [0.25, 0.3) is 0 Å². The second-order valence-electron chi connectivity index (χ2n) is 2.74. The van der Waals surface area contributed by atoms with Crippen LogP contribution in [-0.4, -0.2) is 21.7 Å². The standard InChI is InChI=1S/C8H14BrN3/c1-12-7-8(6-11-12)5-10-4-2-3-9/h6-7,10H,2-5H2,1H3. The fourth-order valence-corrected chi connectivity index (χ4v) is 1.27. The number of rotatable bonds is 5. The van der Waals surface area contributed by atoms with Crippen molar-refractivity contribution in [3.05, 3.63) is 18.0 Å². The molecule has 0 aromatic carbocycles. The zero-order valence-corrected chi connectivity index (χ0v) is 8.84. The number of halogens is 1. The molecule has 0 aliphatic heterocycles. The van der Waals surface area contributed by atoms with Crippen LogP contribution in [0.3, 0.4) is 0 Å². The zero-order chi connectivity index (χ0) is 8.81. The Morgan fingerprint density at radius 2 is 2.50 bits per heavy atom. The maximum absolute atomic E-state index is 4.08. The Bertz CT molecular complexity index is 222. The summed E-state index contributed by atoms with van der Waals surface area (Å²) in [4.78, 5) is 0. The van der Waals surface area contributed by atoms with Crippen LogP contribution < -0.4 is 5.32 Å². The third-order valence-corrected chi connectivity index (χ3v) is 2.14. The summed E-state index contributed by atoms with van der Waals surface area (Å²) in [6, 6.07) is 0. The van der Waals surface area contributed by atoms with E-state index < -0.39 is 0 Å². The smallest absolute Gasteiger partial charge is 0.0534 e. The van der Waals surface area contributed by atoms with Gasteiger partial charge in [-0.3, -0.25) is 4.68 Å². The highest BCUT2D eigenvalue weighted by Gasteiger charge is 1.93. The molecule has 1 rings (SSSR count). The monoisotopic (exact) mass is 231 g/mol. The van der Waals surface area contributed by atoms with Crippen molar-refractivity contribution in [3.8, 4) is 0 Å². The van der Waals surface area contributed by atoms with Crippen LogP contribution in [0.15, 0.2) is 12.4 Å². The third kappa shape index (κ3) is 3.36. The van der Waals surface area contributed by atoms with Crippen LogP contribution in [0.2, 0.25) is 0 Å². The van der Waals surface area contributed by atoms with Crippen molar-refractivity contribution in [1.82, 2.24) is 15.1 Å². The van der Waals surface area contributed by atoms with Crippen molar-refractivity contribution < 1.29 is 0 Å². The van der Waals surface area contributed by atoms with Crippen LogP contribution in [-0.2, 0) is 13.6 Å². The van der Waals surface area contributed by atoms with Gasteiger partial charge in [-0.2, -0.15) is 5.10 Å². The second-order valence-corrected chi connectivity index (χ2v) is 3.53. The van der Waals surface area contributed by atoms with E-state index in [-0.39, 0.29) is 0 Å². The molecule has 0 radical (unpaired) electrons. The first-order valence-corrected chi connectivity index (χ1v) is 5.19. The van der Waals surface area contributed by atoms with Crippen molar-refractivity contribution in [2.45, 2.75) is 13.0 Å². The summed E-state index contributed by atoms with van der Waals surface area (Å²) in [5, 5.41) is 8.48. The molecule has 0 saturated heterocycles. The molecule has 1 heterocycles. The maximum atomic E-state index is 4.08. The minimum atomic E-state index is 0.918. The first-order valence-electron chi connectivity index (χ1n) is 4.07. The lowest BCUT2D eigenvalue weighted by atomic mass is 10.3. The number of hydrogen-bond donors (Lipinski definition) is 1. The molecule has 0 atom stereocenters. The molecule has 1 N–H and O–H groups in total. The first-order chi connectivity index (χ1) is 5.83. The van der Waals surface area contributed by atoms with Gasteiger partial charge in [-0.05, 0) is 13.0 Å². The number of aryl methyl sites for hydroxylation is 1. The lowest BCUT2D eigenvalue weighted by Crippen LogP contribution is -2.14. The molecule has 4 heteroatoms. The minimum absolute atomic E-state index is 0.918. The van der Waals surface area contributed by atoms with E-state index in [0.717, 1.165) is 18.4 Å². The predicted molar refractivity (Wildman–Crippen MR) is 53.3 cm³/mol. The van der Waals surface area contributed by atoms with Crippen LogP contribution >= 0.6 is 15.9 Å². The lowest BCUT2D eigenvalue weighted by molar-refractivity contribution is 0.679. The van der Waals surface area contributed by atoms with Crippen LogP contribution in [0, 0.1) is 0 Å². The van der Waals surface area contributed by atoms with Gasteiger partial charge in [-0.15, -0.1) is 0 Å². The highest BCUT2D eigenvalue weighted by atomic mass is 79.9. The minimum Gasteiger partial charge on any atom is -0.313 e. The fourth-order valence-electron chi connectivity index (χ4n) is 0.988. The molecule has 0 fully saturated rings. The van der Waals surface area contributed by atoms with E-state index in [9.17, 15) is 0 Å². The topological polar surface area (TPSA) is 29.9 Å². The molecular weight excluding hydrogens is 218 g/mol. The van der Waals surface area contributed by atoms with Gasteiger partial charge >= 0.3 is 0 Å². The third-order valence-electron chi connectivity index (χ3n) is 1.57. The van der Waals surface area contributed by atoms with Gasteiger partial charge in [-0.1, -0.05) is 15.9 Å². The normalized spacial score (nSPS) is 10.5. The Hall–Kier alpha value is -0.350. The Labute approximate surface area is 81.3 Å². The van der Waals surface area contributed by atoms with Crippen molar-refractivity contribution in [1.29, 1.82) is 0 Å². The summed E-state index contributed by atoms with van der Waals surface area (Å²) < 4.78 is 1.82. The molecule has 0 amide bonds. The first kappa shape index (κ1) is 9.74. The number of hydrogen-bond acceptors (Lipinski definition) is 2. The molecule has 1 aromatic rings. The molecule has 0 aliphatic rings. The van der Waals surface area contributed by atoms with E-state index in [2.05, 4.69) is 26.3 Å². The van der Waals surface area contributed by atoms with E-state index in [0.29, 0.717) is 0 Å². The Morgan fingerprint density at radius 3 is 3.08 bits per heavy atom. The number of aromatic nitrogens is 2. The molecule has 0 aliphatic carbocycles. The molecule has 12 heavy (non-hydrogen) atoms. The van der Waals surface area contributed by atoms with E-state index in [1.807, 2.05) is 24.1 Å². The Kier molecular flexibility index (Phi) is 4.32. The summed E-state index contributed by atoms with van der Waals surface area (Å²) in [5.74, 6) is 0. The van der Waals surface area contributed by atoms with Crippen LogP contribution in [0.4, 0.5) is 0 Å². The van der Waals surface area contributed by atoms with E-state index in [4.69, 9.17) is 0 Å². The zero-order valence-electron chi connectivity index (χ0n) is 7.26. The molecular formula is C8H14BrN3. The molecule has 0 bridgehead atoms. The lowest BCUT2D eigenvalue weighted by Gasteiger charge is -1.99. The Morgan fingerprint density at radius 1 is 1.67 bits per heavy atom. The highest BCUT2D eigenvalue weighted by Crippen LogP contribution is 1.94. The molecule has 0 unspecified atom stereocenters. The molecule has 0 spiro atoms. The van der Waals surface area contributed by atoms with E-state index in [1.165, 1.54) is 12.0 Å². The average Bonchev–Trinajstić information content (AvgIpc) is 2.45. The highest BCUT2D eigenvalue weighted by molar-refractivity contribution is 9.09. The van der Waals surface area contributed by atoms with Gasteiger partial charge in [0, 0.05) is 30.7 Å². The van der Waals surface area contributed by atoms with Gasteiger partial charge < -0.3 is 5.32 Å². The van der Waals surface area contributed by atoms with Crippen molar-refractivity contribution in [3.63, 3.8) is 0 Å². The van der Waals surface area contributed by atoms with E-state index >= 15 is 0 Å². The number of nitrogens with one attached hydrogen (secondary N) is 1. The van der Waals surface area contributed by atoms with E-state index in [1.54, 1.807) is 0 Å². The summed E-state index contributed by atoms with van der Waals surface area (Å²) >= 11 is 3.38. The van der Waals surface area contributed by atoms with Crippen LogP contribution in [0.5, 0.6) is 0 Å². The van der Waals surface area contributed by atoms with Crippen molar-refractivity contribution in [2.24, 2.45) is 7.05 Å². The quantitative estimate of drug-likeness (QED) is 0.612. The summed E-state index contributed by atoms with van der Waals surface area (Å²) in [6.07, 6.45) is 5.09. The molecule has 3 nitrogen and oxygen atoms in total. The summed E-state index contributed by atoms with van der Waals surface area (Å²) in [6.45, 7) is 1.97. The number of nitrogens with zero attached hydrogens (tertiary/aromatic N) is 2. The van der Waals surface area contributed by atoms with Gasteiger partial charge in [0.05, 0.1) is 6.20 Å². The summed E-state index contributed by atoms with van der Waals surface area (Å²) in [5.41, 5.74) is 1.24. The average molecular weight is 232 g/mol. The Balaban J connectivity index is 2.15. The predicted octanol–water partition coefficient (Wildman–Crippen LogP) is 1.29. The second kappa shape index (κ2) is 5.32. The molecule has 0 saturated carbocycles. The summed E-state index contributed by atoms with van der Waals surface area (Å²) in [7, 11) is 1.93. The van der Waals surface area contributed by atoms with Crippen molar-refractivity contribution >= 4 is 15.9 Å². The number of alkyl halides is 1. The van der Waals surface area contributed by atoms with Gasteiger partial charge in [0.1, 0.15) is 0 Å². The molecule has 1 aromatic heterocycles. The van der Waals surface area contributed by atoms with Gasteiger partial charge in [0.25, 0.3) is 0 Å². The van der Waals surface area contributed by atoms with Crippen LogP contribution in [0.1, 0.15) is 12.0 Å². The largest absolute Gasteiger partial charge is 0.313 e. The van der Waals surface area contributed by atoms with Gasteiger partial charge in [0.2, 0.25) is 0 Å². The maximum Gasteiger partial charge on any atom is 0.0534 e. The molecule has 68 valence electrons. The van der Waals surface area contributed by atoms with Crippen molar-refractivity contribution in [2.75, 3.05) is 11.9 Å². The van der Waals surface area contributed by atoms with Gasteiger partial charge in [-0.25, -0.2) is 0 Å². The SMILES string of the molecule is Cn1cc(CNCCCBr)cn1.